The molecule has 0 aliphatic heterocycles. The normalized spacial score (nSPS) is 11.6. The molecule has 18 heavy (non-hydrogen) atoms. The van der Waals surface area contributed by atoms with Crippen molar-refractivity contribution in [2.75, 3.05) is 5.32 Å². The summed E-state index contributed by atoms with van der Waals surface area (Å²) in [4.78, 5) is 4.01. The van der Waals surface area contributed by atoms with E-state index in [0.29, 0.717) is 10.7 Å². The van der Waals surface area contributed by atoms with E-state index < -0.39 is 0 Å². The average Bonchev–Trinajstić information content (AvgIpc) is 2.41. The quantitative estimate of drug-likeness (QED) is 0.852. The van der Waals surface area contributed by atoms with Crippen LogP contribution in [0.25, 0.3) is 0 Å². The van der Waals surface area contributed by atoms with Gasteiger partial charge in [-0.1, -0.05) is 23.7 Å². The Labute approximate surface area is 111 Å². The number of nitrogens with one attached hydrogen (secondary N) is 1. The second-order valence-corrected chi connectivity index (χ2v) is 4.36. The number of halogens is 1. The summed E-state index contributed by atoms with van der Waals surface area (Å²) >= 11 is 5.73. The SMILES string of the molecule is CC(Nc1ccc(Cl)nc1)c1cccc(C#N)c1. The van der Waals surface area contributed by atoms with Crippen molar-refractivity contribution in [1.82, 2.24) is 4.98 Å². The Hall–Kier alpha value is -2.05. The molecule has 1 aromatic carbocycles. The first-order chi connectivity index (χ1) is 8.69. The number of pyridine rings is 1. The standard InChI is InChI=1S/C14H12ClN3/c1-10(12-4-2-3-11(7-12)8-16)18-13-5-6-14(15)17-9-13/h2-7,9-10,18H,1H3. The zero-order chi connectivity index (χ0) is 13.0. The lowest BCUT2D eigenvalue weighted by molar-refractivity contribution is 0.882. The van der Waals surface area contributed by atoms with Crippen LogP contribution in [0.15, 0.2) is 42.6 Å². The number of nitrogens with zero attached hydrogens (tertiary/aromatic N) is 2. The van der Waals surface area contributed by atoms with Gasteiger partial charge in [-0.25, -0.2) is 4.98 Å². The Morgan fingerprint density at radius 3 is 2.83 bits per heavy atom. The Bertz CT molecular complexity index is 572. The van der Waals surface area contributed by atoms with E-state index in [1.807, 2.05) is 31.2 Å². The predicted molar refractivity (Wildman–Crippen MR) is 72.4 cm³/mol. The third-order valence-electron chi connectivity index (χ3n) is 2.63. The molecule has 0 bridgehead atoms. The highest BCUT2D eigenvalue weighted by atomic mass is 35.5. The van der Waals surface area contributed by atoms with Gasteiger partial charge in [0.15, 0.2) is 0 Å². The van der Waals surface area contributed by atoms with Gasteiger partial charge < -0.3 is 5.32 Å². The molecule has 1 heterocycles. The fraction of sp³-hybridized carbons (Fsp3) is 0.143. The second-order valence-electron chi connectivity index (χ2n) is 3.97. The maximum atomic E-state index is 8.87. The highest BCUT2D eigenvalue weighted by Gasteiger charge is 2.06. The minimum atomic E-state index is 0.0984. The van der Waals surface area contributed by atoms with Gasteiger partial charge in [0.1, 0.15) is 5.15 Å². The van der Waals surface area contributed by atoms with Crippen LogP contribution >= 0.6 is 11.6 Å². The molecule has 0 aliphatic rings. The number of aromatic nitrogens is 1. The molecule has 1 N–H and O–H groups in total. The van der Waals surface area contributed by atoms with Gasteiger partial charge in [-0.05, 0) is 36.8 Å². The molecule has 1 unspecified atom stereocenters. The van der Waals surface area contributed by atoms with Crippen LogP contribution in [0.3, 0.4) is 0 Å². The monoisotopic (exact) mass is 257 g/mol. The molecular weight excluding hydrogens is 246 g/mol. The first-order valence-electron chi connectivity index (χ1n) is 5.57. The van der Waals surface area contributed by atoms with Crippen LogP contribution in [0.4, 0.5) is 5.69 Å². The van der Waals surface area contributed by atoms with Gasteiger partial charge in [-0.2, -0.15) is 5.26 Å². The van der Waals surface area contributed by atoms with Crippen molar-refractivity contribution >= 4 is 17.3 Å². The maximum absolute atomic E-state index is 8.87. The third kappa shape index (κ3) is 2.99. The summed E-state index contributed by atoms with van der Waals surface area (Å²) in [6.45, 7) is 2.03. The zero-order valence-electron chi connectivity index (χ0n) is 9.89. The highest BCUT2D eigenvalue weighted by molar-refractivity contribution is 6.29. The predicted octanol–water partition coefficient (Wildman–Crippen LogP) is 3.78. The van der Waals surface area contributed by atoms with Gasteiger partial charge in [0.25, 0.3) is 0 Å². The van der Waals surface area contributed by atoms with E-state index in [1.165, 1.54) is 0 Å². The van der Waals surface area contributed by atoms with Gasteiger partial charge >= 0.3 is 0 Å². The van der Waals surface area contributed by atoms with Gasteiger partial charge in [0, 0.05) is 6.04 Å². The topological polar surface area (TPSA) is 48.7 Å². The van der Waals surface area contributed by atoms with Crippen molar-refractivity contribution in [3.63, 3.8) is 0 Å². The largest absolute Gasteiger partial charge is 0.377 e. The fourth-order valence-corrected chi connectivity index (χ4v) is 1.78. The van der Waals surface area contributed by atoms with Gasteiger partial charge in [0.2, 0.25) is 0 Å². The van der Waals surface area contributed by atoms with Crippen molar-refractivity contribution in [1.29, 1.82) is 5.26 Å². The van der Waals surface area contributed by atoms with E-state index in [9.17, 15) is 0 Å². The zero-order valence-corrected chi connectivity index (χ0v) is 10.6. The number of hydrogen-bond donors (Lipinski definition) is 1. The molecule has 0 fully saturated rings. The first kappa shape index (κ1) is 12.4. The number of hydrogen-bond acceptors (Lipinski definition) is 3. The Balaban J connectivity index is 2.14. The molecule has 1 aromatic heterocycles. The minimum absolute atomic E-state index is 0.0984. The molecule has 4 heteroatoms. The molecule has 0 aliphatic carbocycles. The second kappa shape index (κ2) is 5.52. The van der Waals surface area contributed by atoms with E-state index in [0.717, 1.165) is 11.3 Å². The molecule has 2 aromatic rings. The molecule has 3 nitrogen and oxygen atoms in total. The molecule has 1 atom stereocenters. The van der Waals surface area contributed by atoms with Gasteiger partial charge in [0.05, 0.1) is 23.5 Å². The molecule has 0 spiro atoms. The van der Waals surface area contributed by atoms with Crippen LogP contribution < -0.4 is 5.32 Å². The van der Waals surface area contributed by atoms with Crippen molar-refractivity contribution in [3.8, 4) is 6.07 Å². The molecule has 90 valence electrons. The van der Waals surface area contributed by atoms with Gasteiger partial charge in [-0.15, -0.1) is 0 Å². The number of nitriles is 1. The van der Waals surface area contributed by atoms with E-state index in [4.69, 9.17) is 16.9 Å². The molecule has 0 saturated carbocycles. The van der Waals surface area contributed by atoms with E-state index in [1.54, 1.807) is 18.3 Å². The fourth-order valence-electron chi connectivity index (χ4n) is 1.67. The Kier molecular flexibility index (Phi) is 3.81. The molecule has 0 saturated heterocycles. The highest BCUT2D eigenvalue weighted by Crippen LogP contribution is 2.20. The lowest BCUT2D eigenvalue weighted by Gasteiger charge is -2.15. The summed E-state index contributed by atoms with van der Waals surface area (Å²) in [6.07, 6.45) is 1.69. The van der Waals surface area contributed by atoms with E-state index in [-0.39, 0.29) is 6.04 Å². The summed E-state index contributed by atoms with van der Waals surface area (Å²) < 4.78 is 0. The van der Waals surface area contributed by atoms with Crippen LogP contribution in [0.5, 0.6) is 0 Å². The number of anilines is 1. The van der Waals surface area contributed by atoms with Crippen molar-refractivity contribution in [2.45, 2.75) is 13.0 Å². The van der Waals surface area contributed by atoms with Crippen molar-refractivity contribution in [3.05, 3.63) is 58.9 Å². The number of rotatable bonds is 3. The molecule has 0 radical (unpaired) electrons. The third-order valence-corrected chi connectivity index (χ3v) is 2.85. The average molecular weight is 258 g/mol. The van der Waals surface area contributed by atoms with Gasteiger partial charge in [-0.3, -0.25) is 0 Å². The summed E-state index contributed by atoms with van der Waals surface area (Å²) in [5.41, 5.74) is 2.62. The van der Waals surface area contributed by atoms with E-state index >= 15 is 0 Å². The van der Waals surface area contributed by atoms with Crippen LogP contribution in [0.2, 0.25) is 5.15 Å². The van der Waals surface area contributed by atoms with E-state index in [2.05, 4.69) is 16.4 Å². The first-order valence-corrected chi connectivity index (χ1v) is 5.95. The van der Waals surface area contributed by atoms with Crippen LogP contribution in [-0.2, 0) is 0 Å². The summed E-state index contributed by atoms with van der Waals surface area (Å²) in [7, 11) is 0. The Morgan fingerprint density at radius 1 is 1.33 bits per heavy atom. The van der Waals surface area contributed by atoms with Crippen LogP contribution in [0, 0.1) is 11.3 Å². The minimum Gasteiger partial charge on any atom is -0.377 e. The summed E-state index contributed by atoms with van der Waals surface area (Å²) in [5, 5.41) is 12.6. The smallest absolute Gasteiger partial charge is 0.129 e. The van der Waals surface area contributed by atoms with Crippen molar-refractivity contribution in [2.24, 2.45) is 0 Å². The lowest BCUT2D eigenvalue weighted by atomic mass is 10.1. The van der Waals surface area contributed by atoms with Crippen LogP contribution in [-0.4, -0.2) is 4.98 Å². The number of benzene rings is 1. The van der Waals surface area contributed by atoms with Crippen molar-refractivity contribution < 1.29 is 0 Å². The summed E-state index contributed by atoms with van der Waals surface area (Å²) in [5.74, 6) is 0. The maximum Gasteiger partial charge on any atom is 0.129 e. The molecule has 0 amide bonds. The Morgan fingerprint density at radius 2 is 2.17 bits per heavy atom. The molecule has 2 rings (SSSR count). The molecular formula is C14H12ClN3. The lowest BCUT2D eigenvalue weighted by Crippen LogP contribution is -2.06. The summed E-state index contributed by atoms with van der Waals surface area (Å²) in [6, 6.07) is 13.4. The van der Waals surface area contributed by atoms with Crippen LogP contribution in [0.1, 0.15) is 24.1 Å².